The lowest BCUT2D eigenvalue weighted by Crippen LogP contribution is -2.24. The molecule has 1 aromatic heterocycles. The summed E-state index contributed by atoms with van der Waals surface area (Å²) in [4.78, 5) is 4.28. The van der Waals surface area contributed by atoms with Gasteiger partial charge in [-0.1, -0.05) is 11.6 Å². The number of aromatic nitrogens is 2. The summed E-state index contributed by atoms with van der Waals surface area (Å²) in [6.07, 6.45) is -0.0645. The van der Waals surface area contributed by atoms with Crippen LogP contribution in [-0.4, -0.2) is 36.5 Å². The standard InChI is InChI=1S/C12H16ClN3O2/c1-17-7-9(18-2)6-16-11-4-3-8(13)5-10(11)15-12(16)14/h3-5,9H,6-7H2,1-2H3,(H2,14,15). The lowest BCUT2D eigenvalue weighted by molar-refractivity contribution is 0.0193. The molecule has 18 heavy (non-hydrogen) atoms. The highest BCUT2D eigenvalue weighted by Gasteiger charge is 2.14. The van der Waals surface area contributed by atoms with Crippen molar-refractivity contribution in [2.75, 3.05) is 26.6 Å². The van der Waals surface area contributed by atoms with E-state index in [4.69, 9.17) is 26.8 Å². The van der Waals surface area contributed by atoms with E-state index in [2.05, 4.69) is 4.98 Å². The molecule has 1 atom stereocenters. The zero-order chi connectivity index (χ0) is 13.1. The Bertz CT molecular complexity index is 541. The van der Waals surface area contributed by atoms with Crippen molar-refractivity contribution in [3.05, 3.63) is 23.2 Å². The van der Waals surface area contributed by atoms with Gasteiger partial charge in [-0.3, -0.25) is 0 Å². The highest BCUT2D eigenvalue weighted by molar-refractivity contribution is 6.31. The highest BCUT2D eigenvalue weighted by Crippen LogP contribution is 2.22. The van der Waals surface area contributed by atoms with E-state index in [0.717, 1.165) is 11.0 Å². The van der Waals surface area contributed by atoms with Crippen molar-refractivity contribution < 1.29 is 9.47 Å². The van der Waals surface area contributed by atoms with Crippen LogP contribution in [0.25, 0.3) is 11.0 Å². The summed E-state index contributed by atoms with van der Waals surface area (Å²) < 4.78 is 12.3. The largest absolute Gasteiger partial charge is 0.382 e. The van der Waals surface area contributed by atoms with Crippen LogP contribution in [0.4, 0.5) is 5.95 Å². The third-order valence-corrected chi connectivity index (χ3v) is 3.05. The second kappa shape index (κ2) is 5.56. The Morgan fingerprint density at radius 2 is 2.22 bits per heavy atom. The fraction of sp³-hybridized carbons (Fsp3) is 0.417. The second-order valence-corrected chi connectivity index (χ2v) is 4.46. The van der Waals surface area contributed by atoms with Gasteiger partial charge in [-0.2, -0.15) is 0 Å². The van der Waals surface area contributed by atoms with Crippen molar-refractivity contribution in [2.45, 2.75) is 12.6 Å². The second-order valence-electron chi connectivity index (χ2n) is 4.03. The first-order valence-electron chi connectivity index (χ1n) is 5.58. The maximum atomic E-state index is 5.93. The summed E-state index contributed by atoms with van der Waals surface area (Å²) in [5.74, 6) is 0.449. The van der Waals surface area contributed by atoms with Crippen LogP contribution < -0.4 is 5.73 Å². The van der Waals surface area contributed by atoms with Crippen LogP contribution in [0.2, 0.25) is 5.02 Å². The smallest absolute Gasteiger partial charge is 0.201 e. The fourth-order valence-corrected chi connectivity index (χ4v) is 2.06. The monoisotopic (exact) mass is 269 g/mol. The van der Waals surface area contributed by atoms with E-state index in [1.54, 1.807) is 20.3 Å². The van der Waals surface area contributed by atoms with Gasteiger partial charge in [0.05, 0.1) is 30.3 Å². The Morgan fingerprint density at radius 3 is 2.89 bits per heavy atom. The quantitative estimate of drug-likeness (QED) is 0.901. The predicted octanol–water partition coefficient (Wildman–Crippen LogP) is 1.93. The molecule has 2 rings (SSSR count). The number of halogens is 1. The van der Waals surface area contributed by atoms with Crippen molar-refractivity contribution in [3.8, 4) is 0 Å². The zero-order valence-electron chi connectivity index (χ0n) is 10.4. The average Bonchev–Trinajstić information content (AvgIpc) is 2.64. The molecule has 0 spiro atoms. The maximum Gasteiger partial charge on any atom is 0.201 e. The van der Waals surface area contributed by atoms with Crippen LogP contribution in [0, 0.1) is 0 Å². The fourth-order valence-electron chi connectivity index (χ4n) is 1.90. The number of nitrogens with two attached hydrogens (primary N) is 1. The minimum Gasteiger partial charge on any atom is -0.382 e. The third-order valence-electron chi connectivity index (χ3n) is 2.81. The summed E-state index contributed by atoms with van der Waals surface area (Å²) in [7, 11) is 3.29. The Balaban J connectivity index is 2.34. The van der Waals surface area contributed by atoms with E-state index in [0.29, 0.717) is 24.1 Å². The van der Waals surface area contributed by atoms with E-state index in [1.165, 1.54) is 0 Å². The van der Waals surface area contributed by atoms with Crippen LogP contribution in [0.1, 0.15) is 0 Å². The van der Waals surface area contributed by atoms with E-state index in [-0.39, 0.29) is 6.10 Å². The number of benzene rings is 1. The molecule has 6 heteroatoms. The van der Waals surface area contributed by atoms with Gasteiger partial charge in [-0.15, -0.1) is 0 Å². The number of anilines is 1. The number of ether oxygens (including phenoxy) is 2. The molecule has 1 heterocycles. The predicted molar refractivity (Wildman–Crippen MR) is 71.8 cm³/mol. The van der Waals surface area contributed by atoms with Gasteiger partial charge < -0.3 is 19.8 Å². The molecule has 0 saturated heterocycles. The molecule has 0 aliphatic heterocycles. The summed E-state index contributed by atoms with van der Waals surface area (Å²) in [5, 5.41) is 0.646. The highest BCUT2D eigenvalue weighted by atomic mass is 35.5. The van der Waals surface area contributed by atoms with E-state index >= 15 is 0 Å². The Morgan fingerprint density at radius 1 is 1.44 bits per heavy atom. The normalized spacial score (nSPS) is 13.1. The van der Waals surface area contributed by atoms with Crippen LogP contribution in [0.15, 0.2) is 18.2 Å². The Hall–Kier alpha value is -1.30. The van der Waals surface area contributed by atoms with Crippen molar-refractivity contribution >= 4 is 28.6 Å². The number of nitrogen functional groups attached to an aromatic ring is 1. The molecule has 2 N–H and O–H groups in total. The maximum absolute atomic E-state index is 5.93. The molecular formula is C12H16ClN3O2. The third kappa shape index (κ3) is 2.58. The molecule has 98 valence electrons. The lowest BCUT2D eigenvalue weighted by Gasteiger charge is -2.16. The van der Waals surface area contributed by atoms with Gasteiger partial charge >= 0.3 is 0 Å². The van der Waals surface area contributed by atoms with Gasteiger partial charge in [0.15, 0.2) is 0 Å². The van der Waals surface area contributed by atoms with Crippen LogP contribution in [0.3, 0.4) is 0 Å². The molecule has 0 aliphatic rings. The summed E-state index contributed by atoms with van der Waals surface area (Å²) in [5.41, 5.74) is 7.64. The number of rotatable bonds is 5. The summed E-state index contributed by atoms with van der Waals surface area (Å²) >= 11 is 5.93. The van der Waals surface area contributed by atoms with Gasteiger partial charge in [0.1, 0.15) is 0 Å². The van der Waals surface area contributed by atoms with Crippen LogP contribution in [-0.2, 0) is 16.0 Å². The molecule has 2 aromatic rings. The molecule has 0 amide bonds. The van der Waals surface area contributed by atoms with Gasteiger partial charge in [-0.05, 0) is 18.2 Å². The molecule has 0 fully saturated rings. The van der Waals surface area contributed by atoms with Crippen LogP contribution in [0.5, 0.6) is 0 Å². The zero-order valence-corrected chi connectivity index (χ0v) is 11.1. The van der Waals surface area contributed by atoms with Gasteiger partial charge in [0.2, 0.25) is 5.95 Å². The molecule has 1 aromatic carbocycles. The van der Waals surface area contributed by atoms with Crippen molar-refractivity contribution in [1.82, 2.24) is 9.55 Å². The van der Waals surface area contributed by atoms with E-state index < -0.39 is 0 Å². The number of hydrogen-bond acceptors (Lipinski definition) is 4. The SMILES string of the molecule is COCC(Cn1c(N)nc2cc(Cl)ccc21)OC. The minimum atomic E-state index is -0.0645. The Kier molecular flexibility index (Phi) is 4.06. The van der Waals surface area contributed by atoms with E-state index in [9.17, 15) is 0 Å². The van der Waals surface area contributed by atoms with Gasteiger partial charge in [0, 0.05) is 19.2 Å². The van der Waals surface area contributed by atoms with Gasteiger partial charge in [0.25, 0.3) is 0 Å². The minimum absolute atomic E-state index is 0.0645. The Labute approximate surface area is 110 Å². The first-order valence-corrected chi connectivity index (χ1v) is 5.96. The molecule has 0 saturated carbocycles. The molecule has 0 bridgehead atoms. The number of imidazole rings is 1. The summed E-state index contributed by atoms with van der Waals surface area (Å²) in [6.45, 7) is 1.09. The van der Waals surface area contributed by atoms with Gasteiger partial charge in [-0.25, -0.2) is 4.98 Å². The molecule has 5 nitrogen and oxygen atoms in total. The number of methoxy groups -OCH3 is 2. The first kappa shape index (κ1) is 13.1. The number of nitrogens with zero attached hydrogens (tertiary/aromatic N) is 2. The summed E-state index contributed by atoms with van der Waals surface area (Å²) in [6, 6.07) is 5.52. The number of fused-ring (bicyclic) bond motifs is 1. The topological polar surface area (TPSA) is 62.3 Å². The lowest BCUT2D eigenvalue weighted by atomic mass is 10.3. The molecule has 0 radical (unpaired) electrons. The van der Waals surface area contributed by atoms with Crippen molar-refractivity contribution in [3.63, 3.8) is 0 Å². The molecule has 1 unspecified atom stereocenters. The number of hydrogen-bond donors (Lipinski definition) is 1. The average molecular weight is 270 g/mol. The molecular weight excluding hydrogens is 254 g/mol. The van der Waals surface area contributed by atoms with Crippen LogP contribution >= 0.6 is 11.6 Å². The first-order chi connectivity index (χ1) is 8.65. The van der Waals surface area contributed by atoms with Crippen molar-refractivity contribution in [2.24, 2.45) is 0 Å². The van der Waals surface area contributed by atoms with E-state index in [1.807, 2.05) is 16.7 Å². The molecule has 0 aliphatic carbocycles. The van der Waals surface area contributed by atoms with Crippen molar-refractivity contribution in [1.29, 1.82) is 0 Å².